The summed E-state index contributed by atoms with van der Waals surface area (Å²) in [5.41, 5.74) is 2.42. The molecule has 0 spiro atoms. The Morgan fingerprint density at radius 1 is 0.893 bits per heavy atom. The Kier molecular flexibility index (Phi) is 5.01. The summed E-state index contributed by atoms with van der Waals surface area (Å²) in [6, 6.07) is 21.1. The van der Waals surface area contributed by atoms with Crippen molar-refractivity contribution < 1.29 is 18.4 Å². The molecule has 0 bridgehead atoms. The summed E-state index contributed by atoms with van der Waals surface area (Å²) < 4.78 is 29.6. The molecule has 1 aromatic heterocycles. The van der Waals surface area contributed by atoms with E-state index in [4.69, 9.17) is 14.0 Å². The van der Waals surface area contributed by atoms with E-state index in [1.165, 1.54) is 12.1 Å². The summed E-state index contributed by atoms with van der Waals surface area (Å²) in [6.45, 7) is 0.368. The van der Waals surface area contributed by atoms with E-state index in [1.54, 1.807) is 19.2 Å². The van der Waals surface area contributed by atoms with E-state index >= 15 is 0 Å². The third kappa shape index (κ3) is 3.86. The van der Waals surface area contributed by atoms with Crippen LogP contribution in [-0.4, -0.2) is 17.3 Å². The molecule has 4 rings (SSSR count). The van der Waals surface area contributed by atoms with E-state index < -0.39 is 0 Å². The second-order valence-electron chi connectivity index (χ2n) is 6.07. The fourth-order valence-electron chi connectivity index (χ4n) is 2.75. The van der Waals surface area contributed by atoms with Gasteiger partial charge in [-0.05, 0) is 54.1 Å². The van der Waals surface area contributed by atoms with Gasteiger partial charge < -0.3 is 14.0 Å². The second-order valence-corrected chi connectivity index (χ2v) is 6.07. The number of aromatic nitrogens is 2. The van der Waals surface area contributed by atoms with Gasteiger partial charge in [0.1, 0.15) is 12.4 Å². The van der Waals surface area contributed by atoms with Crippen LogP contribution in [0.2, 0.25) is 0 Å². The van der Waals surface area contributed by atoms with E-state index in [1.807, 2.05) is 48.5 Å². The summed E-state index contributed by atoms with van der Waals surface area (Å²) in [5.74, 6) is 1.84. The number of halogens is 1. The summed E-state index contributed by atoms with van der Waals surface area (Å²) in [4.78, 5) is 4.41. The molecule has 0 aliphatic carbocycles. The van der Waals surface area contributed by atoms with Crippen LogP contribution in [-0.2, 0) is 6.61 Å². The molecule has 140 valence electrons. The number of benzene rings is 3. The second kappa shape index (κ2) is 7.92. The minimum Gasteiger partial charge on any atom is -0.493 e. The minimum atomic E-state index is -0.310. The number of methoxy groups -OCH3 is 1. The molecule has 0 atom stereocenters. The summed E-state index contributed by atoms with van der Waals surface area (Å²) in [5, 5.41) is 3.98. The van der Waals surface area contributed by atoms with Gasteiger partial charge in [-0.25, -0.2) is 4.39 Å². The van der Waals surface area contributed by atoms with Crippen LogP contribution in [0, 0.1) is 5.82 Å². The molecule has 28 heavy (non-hydrogen) atoms. The molecule has 0 saturated heterocycles. The zero-order chi connectivity index (χ0) is 19.3. The SMILES string of the molecule is COc1ccccc1OCc1cccc(-c2nc(-c3ccc(F)cc3)no2)c1. The predicted octanol–water partition coefficient (Wildman–Crippen LogP) is 5.13. The molecule has 6 heteroatoms. The molecule has 0 aliphatic rings. The highest BCUT2D eigenvalue weighted by Crippen LogP contribution is 2.27. The fourth-order valence-corrected chi connectivity index (χ4v) is 2.75. The maximum absolute atomic E-state index is 13.1. The van der Waals surface area contributed by atoms with Crippen LogP contribution in [0.5, 0.6) is 11.5 Å². The zero-order valence-electron chi connectivity index (χ0n) is 15.1. The van der Waals surface area contributed by atoms with Crippen molar-refractivity contribution in [2.24, 2.45) is 0 Å². The van der Waals surface area contributed by atoms with Gasteiger partial charge in [-0.15, -0.1) is 0 Å². The molecule has 4 aromatic rings. The van der Waals surface area contributed by atoms with Crippen LogP contribution in [0.3, 0.4) is 0 Å². The molecule has 0 amide bonds. The van der Waals surface area contributed by atoms with E-state index in [-0.39, 0.29) is 5.82 Å². The van der Waals surface area contributed by atoms with E-state index in [0.29, 0.717) is 35.4 Å². The predicted molar refractivity (Wildman–Crippen MR) is 102 cm³/mol. The van der Waals surface area contributed by atoms with Gasteiger partial charge in [0, 0.05) is 11.1 Å². The Labute approximate surface area is 161 Å². The number of rotatable bonds is 6. The van der Waals surface area contributed by atoms with Crippen LogP contribution in [0.1, 0.15) is 5.56 Å². The highest BCUT2D eigenvalue weighted by molar-refractivity contribution is 5.60. The molecule has 0 aliphatic heterocycles. The fraction of sp³-hybridized carbons (Fsp3) is 0.0909. The van der Waals surface area contributed by atoms with Crippen molar-refractivity contribution in [2.45, 2.75) is 6.61 Å². The normalized spacial score (nSPS) is 10.6. The maximum atomic E-state index is 13.1. The molecule has 0 N–H and O–H groups in total. The molecule has 1 heterocycles. The first-order valence-electron chi connectivity index (χ1n) is 8.68. The van der Waals surface area contributed by atoms with Crippen LogP contribution in [0.25, 0.3) is 22.8 Å². The van der Waals surface area contributed by atoms with Crippen LogP contribution < -0.4 is 9.47 Å². The van der Waals surface area contributed by atoms with E-state index in [2.05, 4.69) is 10.1 Å². The zero-order valence-corrected chi connectivity index (χ0v) is 15.1. The lowest BCUT2D eigenvalue weighted by atomic mass is 10.1. The quantitative estimate of drug-likeness (QED) is 0.467. The summed E-state index contributed by atoms with van der Waals surface area (Å²) in [6.07, 6.45) is 0. The average molecular weight is 376 g/mol. The summed E-state index contributed by atoms with van der Waals surface area (Å²) >= 11 is 0. The lowest BCUT2D eigenvalue weighted by Gasteiger charge is -2.10. The van der Waals surface area contributed by atoms with Gasteiger partial charge in [0.15, 0.2) is 11.5 Å². The Hall–Kier alpha value is -3.67. The van der Waals surface area contributed by atoms with Crippen LogP contribution >= 0.6 is 0 Å². The van der Waals surface area contributed by atoms with Crippen molar-refractivity contribution in [3.63, 3.8) is 0 Å². The first kappa shape index (κ1) is 17.7. The number of ether oxygens (including phenoxy) is 2. The van der Waals surface area contributed by atoms with Gasteiger partial charge >= 0.3 is 0 Å². The first-order valence-corrected chi connectivity index (χ1v) is 8.68. The molecule has 0 radical (unpaired) electrons. The van der Waals surface area contributed by atoms with Crippen LogP contribution in [0.15, 0.2) is 77.3 Å². The van der Waals surface area contributed by atoms with Gasteiger partial charge in [0.25, 0.3) is 5.89 Å². The average Bonchev–Trinajstić information content (AvgIpc) is 3.23. The molecule has 3 aromatic carbocycles. The molecular formula is C22H17FN2O3. The van der Waals surface area contributed by atoms with E-state index in [0.717, 1.165) is 11.1 Å². The van der Waals surface area contributed by atoms with Crippen LogP contribution in [0.4, 0.5) is 4.39 Å². The van der Waals surface area contributed by atoms with Crippen molar-refractivity contribution in [1.29, 1.82) is 0 Å². The Morgan fingerprint density at radius 2 is 1.68 bits per heavy atom. The van der Waals surface area contributed by atoms with Gasteiger partial charge in [0.2, 0.25) is 5.82 Å². The third-order valence-electron chi connectivity index (χ3n) is 4.17. The van der Waals surface area contributed by atoms with Gasteiger partial charge in [0.05, 0.1) is 7.11 Å². The Morgan fingerprint density at radius 3 is 2.46 bits per heavy atom. The van der Waals surface area contributed by atoms with Crippen molar-refractivity contribution in [3.8, 4) is 34.3 Å². The third-order valence-corrected chi connectivity index (χ3v) is 4.17. The number of para-hydroxylation sites is 2. The van der Waals surface area contributed by atoms with E-state index in [9.17, 15) is 4.39 Å². The lowest BCUT2D eigenvalue weighted by molar-refractivity contribution is 0.284. The monoisotopic (exact) mass is 376 g/mol. The van der Waals surface area contributed by atoms with Crippen molar-refractivity contribution in [1.82, 2.24) is 10.1 Å². The topological polar surface area (TPSA) is 57.4 Å². The minimum absolute atomic E-state index is 0.310. The first-order chi connectivity index (χ1) is 13.7. The number of hydrogen-bond acceptors (Lipinski definition) is 5. The molecule has 0 fully saturated rings. The van der Waals surface area contributed by atoms with Crippen molar-refractivity contribution >= 4 is 0 Å². The van der Waals surface area contributed by atoms with Gasteiger partial charge in [-0.1, -0.05) is 29.4 Å². The van der Waals surface area contributed by atoms with Gasteiger partial charge in [-0.3, -0.25) is 0 Å². The lowest BCUT2D eigenvalue weighted by Crippen LogP contribution is -1.97. The number of hydrogen-bond donors (Lipinski definition) is 0. The maximum Gasteiger partial charge on any atom is 0.258 e. The molecule has 0 unspecified atom stereocenters. The highest BCUT2D eigenvalue weighted by atomic mass is 19.1. The van der Waals surface area contributed by atoms with Gasteiger partial charge in [-0.2, -0.15) is 4.98 Å². The smallest absolute Gasteiger partial charge is 0.258 e. The largest absolute Gasteiger partial charge is 0.493 e. The molecule has 0 saturated carbocycles. The van der Waals surface area contributed by atoms with Crippen molar-refractivity contribution in [3.05, 3.63) is 84.2 Å². The molecular weight excluding hydrogens is 359 g/mol. The highest BCUT2D eigenvalue weighted by Gasteiger charge is 2.11. The molecule has 5 nitrogen and oxygen atoms in total. The van der Waals surface area contributed by atoms with Crippen molar-refractivity contribution in [2.75, 3.05) is 7.11 Å². The Balaban J connectivity index is 1.52. The Bertz CT molecular complexity index is 1080. The standard InChI is InChI=1S/C22H17FN2O3/c1-26-19-7-2-3-8-20(19)27-14-15-5-4-6-17(13-15)22-24-21(25-28-22)16-9-11-18(23)12-10-16/h2-13H,14H2,1H3. The summed E-state index contributed by atoms with van der Waals surface area (Å²) in [7, 11) is 1.61. The number of nitrogens with zero attached hydrogens (tertiary/aromatic N) is 2.